The topological polar surface area (TPSA) is 64.9 Å². The molecule has 0 bridgehead atoms. The maximum Gasteiger partial charge on any atom is 0.0664 e. The molecule has 0 spiro atoms. The van der Waals surface area contributed by atoms with Crippen molar-refractivity contribution in [3.8, 4) is 0 Å². The van der Waals surface area contributed by atoms with Crippen molar-refractivity contribution in [2.45, 2.75) is 0 Å². The Morgan fingerprint density at radius 3 is 1.81 bits per heavy atom. The molecule has 4 N–H and O–H groups in total. The van der Waals surface area contributed by atoms with E-state index in [1.54, 1.807) is 0 Å². The van der Waals surface area contributed by atoms with Crippen LogP contribution in [0, 0.1) is 0 Å². The summed E-state index contributed by atoms with van der Waals surface area (Å²) < 4.78 is 0. The molecule has 0 fully saturated rings. The summed E-state index contributed by atoms with van der Waals surface area (Å²) in [5.74, 6) is 0. The average molecular weight is 225 g/mol. The first kappa shape index (κ1) is 9.29. The molecule has 0 aliphatic rings. The van der Waals surface area contributed by atoms with Crippen molar-refractivity contribution in [1.29, 1.82) is 0 Å². The van der Waals surface area contributed by atoms with Crippen molar-refractivity contribution in [3.05, 3.63) is 36.4 Å². The van der Waals surface area contributed by atoms with E-state index >= 15 is 0 Å². The van der Waals surface area contributed by atoms with Crippen LogP contribution in [0.5, 0.6) is 0 Å². The number of aromatic nitrogens is 1. The molecule has 1 heterocycles. The second-order valence-electron chi connectivity index (χ2n) is 3.89. The van der Waals surface area contributed by atoms with Gasteiger partial charge in [-0.05, 0) is 46.4 Å². The largest absolute Gasteiger partial charge is 0.399 e. The summed E-state index contributed by atoms with van der Waals surface area (Å²) in [7, 11) is 0.0458. The summed E-state index contributed by atoms with van der Waals surface area (Å²) in [6, 6.07) is 11.8. The smallest absolute Gasteiger partial charge is 0.0664 e. The predicted molar refractivity (Wildman–Crippen MR) is 70.8 cm³/mol. The third-order valence-electron chi connectivity index (χ3n) is 2.66. The molecule has 3 rings (SSSR count). The lowest BCUT2D eigenvalue weighted by molar-refractivity contribution is 1.52. The lowest BCUT2D eigenvalue weighted by atomic mass is 10.3. The summed E-state index contributed by atoms with van der Waals surface area (Å²) in [5, 5.41) is 0. The molecule has 0 aliphatic heterocycles. The van der Waals surface area contributed by atoms with Gasteiger partial charge in [0.1, 0.15) is 0 Å². The highest BCUT2D eigenvalue weighted by Crippen LogP contribution is 2.19. The Morgan fingerprint density at radius 1 is 0.812 bits per heavy atom. The van der Waals surface area contributed by atoms with Crippen molar-refractivity contribution >= 4 is 41.5 Å². The molecular formula is C12H11N3Si. The van der Waals surface area contributed by atoms with E-state index in [1.165, 1.54) is 9.99 Å². The summed E-state index contributed by atoms with van der Waals surface area (Å²) in [6.07, 6.45) is 0. The minimum absolute atomic E-state index is 0.0458. The van der Waals surface area contributed by atoms with Gasteiger partial charge in [-0.1, -0.05) is 0 Å². The third-order valence-corrected chi connectivity index (χ3v) is 4.20. The van der Waals surface area contributed by atoms with Crippen LogP contribution in [-0.2, 0) is 0 Å². The highest BCUT2D eigenvalue weighted by molar-refractivity contribution is 6.59. The summed E-state index contributed by atoms with van der Waals surface area (Å²) in [6.45, 7) is 0. The van der Waals surface area contributed by atoms with E-state index < -0.39 is 0 Å². The summed E-state index contributed by atoms with van der Waals surface area (Å²) in [4.78, 5) is 7.10. The van der Waals surface area contributed by atoms with E-state index in [0.717, 1.165) is 22.4 Å². The zero-order valence-corrected chi connectivity index (χ0v) is 9.80. The van der Waals surface area contributed by atoms with Crippen LogP contribution in [0.4, 0.5) is 11.4 Å². The molecule has 0 radical (unpaired) electrons. The van der Waals surface area contributed by atoms with Crippen LogP contribution in [0.15, 0.2) is 36.4 Å². The number of hydrogen-bond donors (Lipinski definition) is 2. The molecule has 3 nitrogen and oxygen atoms in total. The number of rotatable bonds is 0. The van der Waals surface area contributed by atoms with Crippen molar-refractivity contribution in [3.63, 3.8) is 0 Å². The number of benzene rings is 2. The van der Waals surface area contributed by atoms with Crippen molar-refractivity contribution < 1.29 is 0 Å². The molecule has 0 unspecified atom stereocenters. The van der Waals surface area contributed by atoms with Gasteiger partial charge >= 0.3 is 0 Å². The maximum absolute atomic E-state index is 5.78. The van der Waals surface area contributed by atoms with Gasteiger partial charge in [-0.15, -0.1) is 0 Å². The van der Waals surface area contributed by atoms with Gasteiger partial charge in [0, 0.05) is 20.5 Å². The SMILES string of the molecule is Nc1ccc2nc3ccc(N)cc3[siH]c2c1. The number of nitrogen functional groups attached to an aromatic ring is 2. The van der Waals surface area contributed by atoms with Crippen LogP contribution in [0.25, 0.3) is 21.0 Å². The lowest BCUT2D eigenvalue weighted by Crippen LogP contribution is -1.92. The van der Waals surface area contributed by atoms with Crippen LogP contribution in [0.3, 0.4) is 0 Å². The van der Waals surface area contributed by atoms with Crippen molar-refractivity contribution in [2.75, 3.05) is 11.5 Å². The van der Waals surface area contributed by atoms with Crippen LogP contribution in [-0.4, -0.2) is 14.1 Å². The first-order valence-corrected chi connectivity index (χ1v) is 6.23. The predicted octanol–water partition coefficient (Wildman–Crippen LogP) is 1.62. The van der Waals surface area contributed by atoms with Gasteiger partial charge in [-0.25, -0.2) is 4.98 Å². The number of fused-ring (bicyclic) bond motifs is 2. The van der Waals surface area contributed by atoms with Gasteiger partial charge in [0.15, 0.2) is 0 Å². The Morgan fingerprint density at radius 2 is 1.31 bits per heavy atom. The molecule has 0 aliphatic carbocycles. The van der Waals surface area contributed by atoms with Crippen molar-refractivity contribution in [1.82, 2.24) is 4.98 Å². The lowest BCUT2D eigenvalue weighted by Gasteiger charge is -2.03. The fourth-order valence-electron chi connectivity index (χ4n) is 1.88. The molecule has 16 heavy (non-hydrogen) atoms. The summed E-state index contributed by atoms with van der Waals surface area (Å²) in [5.41, 5.74) is 15.2. The molecule has 3 aromatic rings. The minimum Gasteiger partial charge on any atom is -0.399 e. The second-order valence-corrected chi connectivity index (χ2v) is 5.43. The van der Waals surface area contributed by atoms with Crippen LogP contribution < -0.4 is 11.5 Å². The monoisotopic (exact) mass is 225 g/mol. The molecule has 0 saturated carbocycles. The molecule has 2 aromatic carbocycles. The fraction of sp³-hybridized carbons (Fsp3) is 0. The first-order chi connectivity index (χ1) is 7.72. The van der Waals surface area contributed by atoms with Crippen molar-refractivity contribution in [2.24, 2.45) is 0 Å². The van der Waals surface area contributed by atoms with E-state index in [-0.39, 0.29) is 9.12 Å². The summed E-state index contributed by atoms with van der Waals surface area (Å²) >= 11 is 0. The normalized spacial score (nSPS) is 11.0. The van der Waals surface area contributed by atoms with E-state index in [0.29, 0.717) is 0 Å². The van der Waals surface area contributed by atoms with Crippen LogP contribution in [0.2, 0.25) is 0 Å². The Labute approximate surface area is 94.8 Å². The second kappa shape index (κ2) is 3.28. The van der Waals surface area contributed by atoms with Gasteiger partial charge in [-0.2, -0.15) is 0 Å². The van der Waals surface area contributed by atoms with Gasteiger partial charge < -0.3 is 11.5 Å². The standard InChI is InChI=1S/C12H11N3Si/c13-7-1-3-9-11(5-7)16-12-6-8(14)2-4-10(12)15-9/h1-6,16H,13-14H2. The van der Waals surface area contributed by atoms with Crippen LogP contribution in [0.1, 0.15) is 0 Å². The zero-order chi connectivity index (χ0) is 11.1. The number of nitrogens with zero attached hydrogens (tertiary/aromatic N) is 1. The van der Waals surface area contributed by atoms with E-state index in [1.807, 2.05) is 36.4 Å². The van der Waals surface area contributed by atoms with Crippen LogP contribution >= 0.6 is 0 Å². The van der Waals surface area contributed by atoms with E-state index in [4.69, 9.17) is 11.5 Å². The highest BCUT2D eigenvalue weighted by Gasteiger charge is 2.00. The highest BCUT2D eigenvalue weighted by atomic mass is 28.2. The number of anilines is 2. The van der Waals surface area contributed by atoms with Gasteiger partial charge in [-0.3, -0.25) is 0 Å². The molecule has 0 atom stereocenters. The Bertz CT molecular complexity index is 637. The molecule has 4 heteroatoms. The quantitative estimate of drug-likeness (QED) is 0.347. The van der Waals surface area contributed by atoms with Gasteiger partial charge in [0.25, 0.3) is 0 Å². The Balaban J connectivity index is 2.44. The van der Waals surface area contributed by atoms with Gasteiger partial charge in [0.05, 0.1) is 11.0 Å². The fourth-order valence-corrected chi connectivity index (χ4v) is 3.38. The minimum atomic E-state index is 0.0458. The third kappa shape index (κ3) is 1.43. The average Bonchev–Trinajstić information content (AvgIpc) is 2.26. The molecule has 78 valence electrons. The maximum atomic E-state index is 5.78. The Hall–Kier alpha value is -1.94. The zero-order valence-electron chi connectivity index (χ0n) is 8.64. The van der Waals surface area contributed by atoms with Gasteiger partial charge in [0.2, 0.25) is 0 Å². The number of hydrogen-bond acceptors (Lipinski definition) is 3. The van der Waals surface area contributed by atoms with E-state index in [9.17, 15) is 0 Å². The molecular weight excluding hydrogens is 214 g/mol. The first-order valence-electron chi connectivity index (χ1n) is 5.08. The molecule has 0 saturated heterocycles. The Kier molecular flexibility index (Phi) is 1.91. The molecule has 1 aromatic heterocycles. The number of nitrogens with two attached hydrogens (primary N) is 2. The molecule has 0 amide bonds. The van der Waals surface area contributed by atoms with E-state index in [2.05, 4.69) is 4.98 Å².